The highest BCUT2D eigenvalue weighted by atomic mass is 32.1. The predicted molar refractivity (Wildman–Crippen MR) is 122 cm³/mol. The molecule has 1 amide bonds. The Kier molecular flexibility index (Phi) is 7.55. The highest BCUT2D eigenvalue weighted by molar-refractivity contribution is 7.80. The van der Waals surface area contributed by atoms with Gasteiger partial charge in [0.15, 0.2) is 5.11 Å². The third kappa shape index (κ3) is 6.16. The van der Waals surface area contributed by atoms with Crippen molar-refractivity contribution in [3.8, 4) is 17.2 Å². The van der Waals surface area contributed by atoms with Crippen molar-refractivity contribution < 1.29 is 24.3 Å². The SMILES string of the molecule is O=C(NC(=S)Nc1cc([N+](=O)[O-])ccc1O)c1ccccc1OCCOc1ccccc1. The van der Waals surface area contributed by atoms with Crippen LogP contribution in [0.5, 0.6) is 17.2 Å². The number of amides is 1. The first kappa shape index (κ1) is 22.5. The van der Waals surface area contributed by atoms with Gasteiger partial charge in [-0.25, -0.2) is 0 Å². The predicted octanol–water partition coefficient (Wildman–Crippen LogP) is 3.89. The van der Waals surface area contributed by atoms with Gasteiger partial charge in [0.05, 0.1) is 16.2 Å². The molecule has 0 heterocycles. The molecule has 0 aliphatic rings. The standard InChI is InChI=1S/C22H19N3O6S/c26-19-11-10-15(25(28)29)14-18(19)23-22(32)24-21(27)17-8-4-5-9-20(17)31-13-12-30-16-6-2-1-3-7-16/h1-11,14,26H,12-13H2,(H2,23,24,27,32). The number of phenols is 1. The van der Waals surface area contributed by atoms with E-state index in [1.165, 1.54) is 0 Å². The Morgan fingerprint density at radius 3 is 2.44 bits per heavy atom. The summed E-state index contributed by atoms with van der Waals surface area (Å²) in [5, 5.41) is 25.7. The molecule has 0 aliphatic heterocycles. The molecule has 0 aromatic heterocycles. The van der Waals surface area contributed by atoms with Crippen LogP contribution in [0.3, 0.4) is 0 Å². The van der Waals surface area contributed by atoms with E-state index in [0.29, 0.717) is 11.5 Å². The summed E-state index contributed by atoms with van der Waals surface area (Å²) in [6.07, 6.45) is 0. The highest BCUT2D eigenvalue weighted by Crippen LogP contribution is 2.27. The molecule has 3 aromatic rings. The van der Waals surface area contributed by atoms with E-state index in [1.807, 2.05) is 30.3 Å². The van der Waals surface area contributed by atoms with Crippen molar-refractivity contribution in [1.29, 1.82) is 0 Å². The van der Waals surface area contributed by atoms with E-state index in [9.17, 15) is 20.0 Å². The summed E-state index contributed by atoms with van der Waals surface area (Å²) in [5.41, 5.74) is -0.0115. The normalized spacial score (nSPS) is 10.1. The topological polar surface area (TPSA) is 123 Å². The van der Waals surface area contributed by atoms with Crippen LogP contribution in [0.2, 0.25) is 0 Å². The largest absolute Gasteiger partial charge is 0.506 e. The first-order valence-corrected chi connectivity index (χ1v) is 9.84. The molecule has 0 aliphatic carbocycles. The number of thiocarbonyl (C=S) groups is 1. The fourth-order valence-corrected chi connectivity index (χ4v) is 2.87. The van der Waals surface area contributed by atoms with Gasteiger partial charge in [-0.3, -0.25) is 20.2 Å². The lowest BCUT2D eigenvalue weighted by Gasteiger charge is -2.14. The number of carbonyl (C=O) groups is 1. The first-order chi connectivity index (χ1) is 15.4. The lowest BCUT2D eigenvalue weighted by molar-refractivity contribution is -0.384. The number of ether oxygens (including phenoxy) is 2. The lowest BCUT2D eigenvalue weighted by Crippen LogP contribution is -2.34. The van der Waals surface area contributed by atoms with Crippen molar-refractivity contribution in [3.05, 3.63) is 88.5 Å². The third-order valence-electron chi connectivity index (χ3n) is 4.15. The van der Waals surface area contributed by atoms with Gasteiger partial charge in [0, 0.05) is 12.1 Å². The number of nitrogens with one attached hydrogen (secondary N) is 2. The molecular weight excluding hydrogens is 434 g/mol. The Morgan fingerprint density at radius 1 is 1.00 bits per heavy atom. The van der Waals surface area contributed by atoms with E-state index in [4.69, 9.17) is 21.7 Å². The molecule has 0 radical (unpaired) electrons. The molecule has 3 aromatic carbocycles. The van der Waals surface area contributed by atoms with Gasteiger partial charge in [-0.05, 0) is 42.5 Å². The van der Waals surface area contributed by atoms with Gasteiger partial charge in [-0.15, -0.1) is 0 Å². The molecule has 164 valence electrons. The quantitative estimate of drug-likeness (QED) is 0.154. The molecule has 0 saturated carbocycles. The number of nitro benzene ring substituents is 1. The van der Waals surface area contributed by atoms with Crippen LogP contribution in [0.4, 0.5) is 11.4 Å². The Morgan fingerprint density at radius 2 is 1.69 bits per heavy atom. The van der Waals surface area contributed by atoms with Gasteiger partial charge in [-0.2, -0.15) is 0 Å². The molecule has 0 fully saturated rings. The van der Waals surface area contributed by atoms with Crippen molar-refractivity contribution in [2.75, 3.05) is 18.5 Å². The second-order valence-electron chi connectivity index (χ2n) is 6.37. The monoisotopic (exact) mass is 453 g/mol. The Labute approximate surface area is 188 Å². The summed E-state index contributed by atoms with van der Waals surface area (Å²) in [4.78, 5) is 23.0. The summed E-state index contributed by atoms with van der Waals surface area (Å²) in [7, 11) is 0. The molecule has 9 nitrogen and oxygen atoms in total. The molecule has 3 N–H and O–H groups in total. The molecule has 0 atom stereocenters. The minimum absolute atomic E-state index is 0.00732. The second-order valence-corrected chi connectivity index (χ2v) is 6.78. The van der Waals surface area contributed by atoms with E-state index in [-0.39, 0.29) is 41.0 Å². The van der Waals surface area contributed by atoms with Gasteiger partial charge in [-0.1, -0.05) is 30.3 Å². The molecular formula is C22H19N3O6S. The number of hydrogen-bond acceptors (Lipinski definition) is 7. The maximum Gasteiger partial charge on any atom is 0.271 e. The van der Waals surface area contributed by atoms with Crippen molar-refractivity contribution in [1.82, 2.24) is 5.32 Å². The zero-order valence-corrected chi connectivity index (χ0v) is 17.5. The van der Waals surface area contributed by atoms with Gasteiger partial charge in [0.25, 0.3) is 11.6 Å². The van der Waals surface area contributed by atoms with E-state index in [0.717, 1.165) is 18.2 Å². The number of rotatable bonds is 8. The minimum Gasteiger partial charge on any atom is -0.506 e. The van der Waals surface area contributed by atoms with Crippen LogP contribution in [0, 0.1) is 10.1 Å². The molecule has 0 unspecified atom stereocenters. The van der Waals surface area contributed by atoms with Crippen LogP contribution < -0.4 is 20.1 Å². The van der Waals surface area contributed by atoms with Crippen molar-refractivity contribution in [2.45, 2.75) is 0 Å². The Hall–Kier alpha value is -4.18. The number of aromatic hydroxyl groups is 1. The molecule has 0 bridgehead atoms. The minimum atomic E-state index is -0.610. The van der Waals surface area contributed by atoms with Crippen LogP contribution in [-0.4, -0.2) is 34.3 Å². The molecule has 3 rings (SSSR count). The maximum atomic E-state index is 12.7. The molecule has 10 heteroatoms. The average Bonchev–Trinajstić information content (AvgIpc) is 2.79. The smallest absolute Gasteiger partial charge is 0.271 e. The lowest BCUT2D eigenvalue weighted by atomic mass is 10.2. The average molecular weight is 453 g/mol. The van der Waals surface area contributed by atoms with Crippen LogP contribution in [-0.2, 0) is 0 Å². The number of anilines is 1. The third-order valence-corrected chi connectivity index (χ3v) is 4.35. The number of benzene rings is 3. The zero-order chi connectivity index (χ0) is 22.9. The van der Waals surface area contributed by atoms with E-state index in [2.05, 4.69) is 10.6 Å². The van der Waals surface area contributed by atoms with Gasteiger partial charge in [0.2, 0.25) is 0 Å². The van der Waals surface area contributed by atoms with Crippen molar-refractivity contribution in [2.24, 2.45) is 0 Å². The van der Waals surface area contributed by atoms with Crippen LogP contribution in [0.15, 0.2) is 72.8 Å². The second kappa shape index (κ2) is 10.7. The number of para-hydroxylation sites is 2. The number of non-ortho nitro benzene ring substituents is 1. The van der Waals surface area contributed by atoms with Crippen molar-refractivity contribution in [3.63, 3.8) is 0 Å². The number of nitro groups is 1. The fraction of sp³-hybridized carbons (Fsp3) is 0.0909. The molecule has 0 saturated heterocycles. The number of phenolic OH excluding ortho intramolecular Hbond substituents is 1. The number of nitrogens with zero attached hydrogens (tertiary/aromatic N) is 1. The van der Waals surface area contributed by atoms with E-state index >= 15 is 0 Å². The number of carbonyl (C=O) groups excluding carboxylic acids is 1. The zero-order valence-electron chi connectivity index (χ0n) is 16.7. The maximum absolute atomic E-state index is 12.7. The van der Waals surface area contributed by atoms with Gasteiger partial charge < -0.3 is 19.9 Å². The Balaban J connectivity index is 1.58. The summed E-state index contributed by atoms with van der Waals surface area (Å²) in [5.74, 6) is 0.243. The van der Waals surface area contributed by atoms with Gasteiger partial charge in [0.1, 0.15) is 30.5 Å². The molecule has 32 heavy (non-hydrogen) atoms. The van der Waals surface area contributed by atoms with E-state index in [1.54, 1.807) is 24.3 Å². The summed E-state index contributed by atoms with van der Waals surface area (Å²) in [6, 6.07) is 19.3. The summed E-state index contributed by atoms with van der Waals surface area (Å²) in [6.45, 7) is 0.495. The summed E-state index contributed by atoms with van der Waals surface area (Å²) >= 11 is 5.10. The molecule has 0 spiro atoms. The highest BCUT2D eigenvalue weighted by Gasteiger charge is 2.16. The van der Waals surface area contributed by atoms with Crippen LogP contribution >= 0.6 is 12.2 Å². The Bertz CT molecular complexity index is 1120. The first-order valence-electron chi connectivity index (χ1n) is 9.43. The summed E-state index contributed by atoms with van der Waals surface area (Å²) < 4.78 is 11.2. The van der Waals surface area contributed by atoms with Crippen LogP contribution in [0.25, 0.3) is 0 Å². The van der Waals surface area contributed by atoms with Crippen LogP contribution in [0.1, 0.15) is 10.4 Å². The van der Waals surface area contributed by atoms with Crippen molar-refractivity contribution >= 4 is 34.6 Å². The number of hydrogen-bond donors (Lipinski definition) is 3. The van der Waals surface area contributed by atoms with Gasteiger partial charge >= 0.3 is 0 Å². The van der Waals surface area contributed by atoms with E-state index < -0.39 is 10.8 Å². The fourth-order valence-electron chi connectivity index (χ4n) is 2.67.